The fourth-order valence-corrected chi connectivity index (χ4v) is 2.12. The van der Waals surface area contributed by atoms with Crippen molar-refractivity contribution in [3.63, 3.8) is 0 Å². The van der Waals surface area contributed by atoms with Crippen molar-refractivity contribution in [2.24, 2.45) is 10.7 Å². The number of aliphatic imine (C=N–C) groups is 1. The minimum Gasteiger partial charge on any atom is -0.491 e. The van der Waals surface area contributed by atoms with Gasteiger partial charge in [0.25, 0.3) is 0 Å². The molecular weight excluding hydrogens is 482 g/mol. The second kappa shape index (κ2) is 10.8. The van der Waals surface area contributed by atoms with Crippen molar-refractivity contribution in [2.75, 3.05) is 11.9 Å². The van der Waals surface area contributed by atoms with E-state index < -0.39 is 11.7 Å². The number of rotatable bonds is 4. The molecular formula is C20H21F3IN3O. The van der Waals surface area contributed by atoms with Crippen molar-refractivity contribution < 1.29 is 17.9 Å². The smallest absolute Gasteiger partial charge is 0.416 e. The molecule has 0 amide bonds. The minimum atomic E-state index is -4.39. The second-order valence-corrected chi connectivity index (χ2v) is 5.90. The molecule has 4 nitrogen and oxygen atoms in total. The molecule has 0 saturated carbocycles. The first kappa shape index (κ1) is 23.6. The predicted molar refractivity (Wildman–Crippen MR) is 116 cm³/mol. The Labute approximate surface area is 179 Å². The molecule has 0 saturated heterocycles. The molecule has 2 aromatic rings. The van der Waals surface area contributed by atoms with E-state index in [1.54, 1.807) is 12.1 Å². The van der Waals surface area contributed by atoms with Crippen LogP contribution in [0, 0.1) is 11.8 Å². The number of guanidine groups is 1. The van der Waals surface area contributed by atoms with Crippen LogP contribution in [0.25, 0.3) is 0 Å². The summed E-state index contributed by atoms with van der Waals surface area (Å²) < 4.78 is 43.5. The highest BCUT2D eigenvalue weighted by molar-refractivity contribution is 14.0. The number of benzene rings is 2. The SMILES string of the molecule is CC(C)Oc1ccc(NC(N)=NCC#Cc2cccc(C(F)(F)F)c2)cc1.I. The number of nitrogens with one attached hydrogen (secondary N) is 1. The first-order valence-electron chi connectivity index (χ1n) is 8.24. The molecule has 0 atom stereocenters. The van der Waals surface area contributed by atoms with Gasteiger partial charge in [-0.05, 0) is 56.3 Å². The van der Waals surface area contributed by atoms with E-state index >= 15 is 0 Å². The highest BCUT2D eigenvalue weighted by Crippen LogP contribution is 2.29. The third-order valence-electron chi connectivity index (χ3n) is 3.25. The van der Waals surface area contributed by atoms with Gasteiger partial charge in [0.15, 0.2) is 5.96 Å². The van der Waals surface area contributed by atoms with Crippen molar-refractivity contribution >= 4 is 35.6 Å². The quantitative estimate of drug-likeness (QED) is 0.271. The Morgan fingerprint density at radius 1 is 1.18 bits per heavy atom. The van der Waals surface area contributed by atoms with E-state index in [1.807, 2.05) is 26.0 Å². The first-order chi connectivity index (χ1) is 12.7. The number of halogens is 4. The first-order valence-corrected chi connectivity index (χ1v) is 8.24. The molecule has 0 aliphatic rings. The minimum absolute atomic E-state index is 0. The van der Waals surface area contributed by atoms with Crippen LogP contribution in [0.5, 0.6) is 5.75 Å². The summed E-state index contributed by atoms with van der Waals surface area (Å²) in [6.45, 7) is 3.94. The van der Waals surface area contributed by atoms with Crippen LogP contribution >= 0.6 is 24.0 Å². The van der Waals surface area contributed by atoms with Gasteiger partial charge in [-0.15, -0.1) is 24.0 Å². The van der Waals surface area contributed by atoms with Crippen LogP contribution in [0.1, 0.15) is 25.0 Å². The lowest BCUT2D eigenvalue weighted by Gasteiger charge is -2.10. The fourth-order valence-electron chi connectivity index (χ4n) is 2.12. The molecule has 0 aliphatic carbocycles. The molecule has 0 spiro atoms. The zero-order valence-corrected chi connectivity index (χ0v) is 17.7. The van der Waals surface area contributed by atoms with Gasteiger partial charge in [-0.3, -0.25) is 0 Å². The average molecular weight is 503 g/mol. The Morgan fingerprint density at radius 2 is 1.86 bits per heavy atom. The molecule has 28 heavy (non-hydrogen) atoms. The van der Waals surface area contributed by atoms with Gasteiger partial charge in [0, 0.05) is 11.3 Å². The average Bonchev–Trinajstić information content (AvgIpc) is 2.59. The highest BCUT2D eigenvalue weighted by atomic mass is 127. The van der Waals surface area contributed by atoms with Crippen molar-refractivity contribution in [1.82, 2.24) is 0 Å². The second-order valence-electron chi connectivity index (χ2n) is 5.90. The van der Waals surface area contributed by atoms with E-state index in [0.717, 1.165) is 23.6 Å². The molecule has 0 fully saturated rings. The van der Waals surface area contributed by atoms with E-state index in [9.17, 15) is 13.2 Å². The summed E-state index contributed by atoms with van der Waals surface area (Å²) in [7, 11) is 0. The van der Waals surface area contributed by atoms with Gasteiger partial charge >= 0.3 is 6.18 Å². The van der Waals surface area contributed by atoms with Crippen LogP contribution in [0.15, 0.2) is 53.5 Å². The Morgan fingerprint density at radius 3 is 2.46 bits per heavy atom. The third-order valence-corrected chi connectivity index (χ3v) is 3.25. The maximum atomic E-state index is 12.7. The van der Waals surface area contributed by atoms with Crippen LogP contribution in [0.2, 0.25) is 0 Å². The van der Waals surface area contributed by atoms with Gasteiger partial charge in [0.1, 0.15) is 12.3 Å². The van der Waals surface area contributed by atoms with Crippen molar-refractivity contribution in [1.29, 1.82) is 0 Å². The number of hydrogen-bond acceptors (Lipinski definition) is 2. The number of nitrogens with zero attached hydrogens (tertiary/aromatic N) is 1. The Bertz CT molecular complexity index is 853. The standard InChI is InChI=1S/C20H20F3N3O.HI/c1-14(2)27-18-10-8-17(9-11-18)26-19(24)25-12-4-6-15-5-3-7-16(13-15)20(21,22)23;/h3,5,7-11,13-14H,12H2,1-2H3,(H3,24,25,26);1H. The van der Waals surface area contributed by atoms with Crippen molar-refractivity contribution in [3.8, 4) is 17.6 Å². The number of alkyl halides is 3. The lowest BCUT2D eigenvalue weighted by molar-refractivity contribution is -0.137. The van der Waals surface area contributed by atoms with E-state index in [4.69, 9.17) is 10.5 Å². The van der Waals surface area contributed by atoms with Crippen molar-refractivity contribution in [3.05, 3.63) is 59.7 Å². The van der Waals surface area contributed by atoms with Crippen LogP contribution < -0.4 is 15.8 Å². The largest absolute Gasteiger partial charge is 0.491 e. The van der Waals surface area contributed by atoms with E-state index in [-0.39, 0.29) is 48.1 Å². The van der Waals surface area contributed by atoms with Gasteiger partial charge in [-0.1, -0.05) is 17.9 Å². The summed E-state index contributed by atoms with van der Waals surface area (Å²) in [6.07, 6.45) is -4.30. The van der Waals surface area contributed by atoms with Gasteiger partial charge in [-0.25, -0.2) is 4.99 Å². The lowest BCUT2D eigenvalue weighted by atomic mass is 10.1. The summed E-state index contributed by atoms with van der Waals surface area (Å²) >= 11 is 0. The topological polar surface area (TPSA) is 59.6 Å². The highest BCUT2D eigenvalue weighted by Gasteiger charge is 2.30. The molecule has 0 aromatic heterocycles. The molecule has 150 valence electrons. The van der Waals surface area contributed by atoms with Gasteiger partial charge in [0.05, 0.1) is 11.7 Å². The molecule has 8 heteroatoms. The van der Waals surface area contributed by atoms with Gasteiger partial charge < -0.3 is 15.8 Å². The van der Waals surface area contributed by atoms with Gasteiger partial charge in [-0.2, -0.15) is 13.2 Å². The normalized spacial score (nSPS) is 11.3. The van der Waals surface area contributed by atoms with Crippen LogP contribution in [-0.2, 0) is 6.18 Å². The monoisotopic (exact) mass is 503 g/mol. The fraction of sp³-hybridized carbons (Fsp3) is 0.250. The molecule has 2 aromatic carbocycles. The summed E-state index contributed by atoms with van der Waals surface area (Å²) in [4.78, 5) is 4.03. The molecule has 2 rings (SSSR count). The number of hydrogen-bond donors (Lipinski definition) is 2. The summed E-state index contributed by atoms with van der Waals surface area (Å²) in [5, 5.41) is 2.91. The maximum Gasteiger partial charge on any atom is 0.416 e. The summed E-state index contributed by atoms with van der Waals surface area (Å²) in [5.74, 6) is 6.23. The Balaban J connectivity index is 0.00000392. The Hall–Kier alpha value is -2.41. The van der Waals surface area contributed by atoms with Crippen LogP contribution in [-0.4, -0.2) is 18.6 Å². The summed E-state index contributed by atoms with van der Waals surface area (Å²) in [6, 6.07) is 12.0. The van der Waals surface area contributed by atoms with Crippen molar-refractivity contribution in [2.45, 2.75) is 26.1 Å². The molecule has 0 heterocycles. The van der Waals surface area contributed by atoms with E-state index in [2.05, 4.69) is 22.2 Å². The maximum absolute atomic E-state index is 12.7. The summed E-state index contributed by atoms with van der Waals surface area (Å²) in [5.41, 5.74) is 6.05. The van der Waals surface area contributed by atoms with E-state index in [1.165, 1.54) is 12.1 Å². The number of anilines is 1. The molecule has 0 unspecified atom stereocenters. The van der Waals surface area contributed by atoms with Crippen LogP contribution in [0.3, 0.4) is 0 Å². The zero-order valence-electron chi connectivity index (χ0n) is 15.4. The lowest BCUT2D eigenvalue weighted by Crippen LogP contribution is -2.22. The molecule has 0 radical (unpaired) electrons. The molecule has 0 aliphatic heterocycles. The third kappa shape index (κ3) is 8.08. The molecule has 3 N–H and O–H groups in total. The predicted octanol–water partition coefficient (Wildman–Crippen LogP) is 4.89. The van der Waals surface area contributed by atoms with Crippen LogP contribution in [0.4, 0.5) is 18.9 Å². The van der Waals surface area contributed by atoms with Gasteiger partial charge in [0.2, 0.25) is 0 Å². The van der Waals surface area contributed by atoms with E-state index in [0.29, 0.717) is 0 Å². The Kier molecular flexibility index (Phi) is 9.12. The molecule has 0 bridgehead atoms. The number of ether oxygens (including phenoxy) is 1. The number of nitrogens with two attached hydrogens (primary N) is 1. The zero-order chi connectivity index (χ0) is 19.9.